The fraction of sp³-hybridized carbons (Fsp3) is 0.353. The van der Waals surface area contributed by atoms with E-state index in [0.29, 0.717) is 11.0 Å². The molecule has 1 aromatic carbocycles. The van der Waals surface area contributed by atoms with Crippen LogP contribution in [-0.4, -0.2) is 22.2 Å². The molecule has 0 saturated heterocycles. The maximum Gasteiger partial charge on any atom is 0.256 e. The number of thioether (sulfide) groups is 1. The summed E-state index contributed by atoms with van der Waals surface area (Å²) < 4.78 is 5.64. The normalized spacial score (nSPS) is 16.3. The number of nitrogens with zero attached hydrogens (tertiary/aromatic N) is 2. The number of carbonyl (C=O) groups excluding carboxylic acids is 1. The molecule has 118 valence electrons. The number of hydrogen-bond acceptors (Lipinski definition) is 5. The number of nitriles is 1. The molecule has 0 spiro atoms. The summed E-state index contributed by atoms with van der Waals surface area (Å²) in [5.74, 6) is 0.949. The molecule has 1 aliphatic rings. The molecule has 1 amide bonds. The van der Waals surface area contributed by atoms with Crippen LogP contribution in [0.2, 0.25) is 0 Å². The van der Waals surface area contributed by atoms with Crippen LogP contribution in [0.1, 0.15) is 19.8 Å². The quantitative estimate of drug-likeness (QED) is 0.824. The van der Waals surface area contributed by atoms with Gasteiger partial charge in [-0.15, -0.1) is 0 Å². The Morgan fingerprint density at radius 2 is 2.22 bits per heavy atom. The molecular formula is C17H17N3O2S. The van der Waals surface area contributed by atoms with Gasteiger partial charge in [0.15, 0.2) is 5.76 Å². The van der Waals surface area contributed by atoms with Crippen molar-refractivity contribution in [3.63, 3.8) is 0 Å². The second-order valence-electron chi connectivity index (χ2n) is 5.78. The number of amides is 1. The third-order valence-corrected chi connectivity index (χ3v) is 4.74. The van der Waals surface area contributed by atoms with Crippen LogP contribution in [0.4, 0.5) is 0 Å². The highest BCUT2D eigenvalue weighted by atomic mass is 32.2. The molecular weight excluding hydrogens is 310 g/mol. The van der Waals surface area contributed by atoms with Crippen molar-refractivity contribution in [3.05, 3.63) is 36.5 Å². The molecule has 1 heterocycles. The minimum absolute atomic E-state index is 0.176. The Hall–Kier alpha value is -2.26. The highest BCUT2D eigenvalue weighted by molar-refractivity contribution is 7.99. The molecule has 1 aliphatic carbocycles. The minimum Gasteiger partial charge on any atom is -0.431 e. The number of carbonyl (C=O) groups is 1. The van der Waals surface area contributed by atoms with Gasteiger partial charge in [0.2, 0.25) is 5.91 Å². The Kier molecular flexibility index (Phi) is 4.39. The van der Waals surface area contributed by atoms with Crippen LogP contribution in [0.5, 0.6) is 0 Å². The highest BCUT2D eigenvalue weighted by Gasteiger charge is 2.42. The van der Waals surface area contributed by atoms with Crippen molar-refractivity contribution in [1.29, 1.82) is 5.26 Å². The second kappa shape index (κ2) is 6.47. The molecule has 0 bridgehead atoms. The lowest BCUT2D eigenvalue weighted by Gasteiger charge is -2.22. The van der Waals surface area contributed by atoms with E-state index in [1.165, 1.54) is 11.8 Å². The summed E-state index contributed by atoms with van der Waals surface area (Å²) in [6.07, 6.45) is 3.65. The lowest BCUT2D eigenvalue weighted by atomic mass is 9.98. The van der Waals surface area contributed by atoms with Gasteiger partial charge >= 0.3 is 0 Å². The van der Waals surface area contributed by atoms with Gasteiger partial charge in [0, 0.05) is 5.56 Å². The van der Waals surface area contributed by atoms with Crippen molar-refractivity contribution in [3.8, 4) is 17.4 Å². The summed E-state index contributed by atoms with van der Waals surface area (Å²) in [5.41, 5.74) is 0.186. The Balaban J connectivity index is 1.56. The second-order valence-corrected chi connectivity index (χ2v) is 6.71. The Labute approximate surface area is 139 Å². The van der Waals surface area contributed by atoms with Crippen LogP contribution in [0.3, 0.4) is 0 Å². The van der Waals surface area contributed by atoms with E-state index in [1.807, 2.05) is 30.3 Å². The molecule has 1 N–H and O–H groups in total. The number of aromatic nitrogens is 1. The van der Waals surface area contributed by atoms with Gasteiger partial charge in [-0.3, -0.25) is 4.79 Å². The highest BCUT2D eigenvalue weighted by Crippen LogP contribution is 2.39. The number of oxazole rings is 1. The van der Waals surface area contributed by atoms with Gasteiger partial charge < -0.3 is 9.73 Å². The lowest BCUT2D eigenvalue weighted by molar-refractivity contribution is -0.119. The summed E-state index contributed by atoms with van der Waals surface area (Å²) in [6, 6.07) is 11.9. The average molecular weight is 327 g/mol. The standard InChI is InChI=1S/C17H17N3O2S/c1-17(11-18,13-7-8-13)20-15(21)10-23-16-19-9-14(22-16)12-5-3-2-4-6-12/h2-6,9,13H,7-8,10H2,1H3,(H,20,21)/t17-/m1/s1. The van der Waals surface area contributed by atoms with E-state index in [-0.39, 0.29) is 17.6 Å². The van der Waals surface area contributed by atoms with E-state index in [4.69, 9.17) is 4.42 Å². The maximum absolute atomic E-state index is 12.0. The first-order chi connectivity index (χ1) is 11.1. The molecule has 5 nitrogen and oxygen atoms in total. The number of benzene rings is 1. The fourth-order valence-corrected chi connectivity index (χ4v) is 3.00. The zero-order valence-corrected chi connectivity index (χ0v) is 13.6. The monoisotopic (exact) mass is 327 g/mol. The molecule has 23 heavy (non-hydrogen) atoms. The Morgan fingerprint density at radius 3 is 2.87 bits per heavy atom. The van der Waals surface area contributed by atoms with Crippen molar-refractivity contribution >= 4 is 17.7 Å². The molecule has 0 radical (unpaired) electrons. The molecule has 6 heteroatoms. The summed E-state index contributed by atoms with van der Waals surface area (Å²) in [6.45, 7) is 1.78. The first-order valence-electron chi connectivity index (χ1n) is 7.47. The van der Waals surface area contributed by atoms with Gasteiger partial charge in [-0.05, 0) is 25.7 Å². The van der Waals surface area contributed by atoms with Crippen LogP contribution >= 0.6 is 11.8 Å². The average Bonchev–Trinajstić information content (AvgIpc) is 3.33. The van der Waals surface area contributed by atoms with Gasteiger partial charge in [-0.25, -0.2) is 4.98 Å². The molecule has 1 saturated carbocycles. The SMILES string of the molecule is C[C@](C#N)(NC(=O)CSc1ncc(-c2ccccc2)o1)C1CC1. The molecule has 1 fully saturated rings. The van der Waals surface area contributed by atoms with Crippen LogP contribution < -0.4 is 5.32 Å². The molecule has 2 aromatic rings. The van der Waals surface area contributed by atoms with Gasteiger partial charge in [0.25, 0.3) is 5.22 Å². The molecule has 1 aromatic heterocycles. The zero-order chi connectivity index (χ0) is 16.3. The largest absolute Gasteiger partial charge is 0.431 e. The third-order valence-electron chi connectivity index (χ3n) is 3.89. The van der Waals surface area contributed by atoms with E-state index in [0.717, 1.165) is 18.4 Å². The van der Waals surface area contributed by atoms with E-state index in [1.54, 1.807) is 13.1 Å². The van der Waals surface area contributed by atoms with Crippen molar-refractivity contribution in [2.24, 2.45) is 5.92 Å². The maximum atomic E-state index is 12.0. The van der Waals surface area contributed by atoms with E-state index < -0.39 is 5.54 Å². The third kappa shape index (κ3) is 3.74. The number of nitrogens with one attached hydrogen (secondary N) is 1. The summed E-state index contributed by atoms with van der Waals surface area (Å²) >= 11 is 1.23. The van der Waals surface area contributed by atoms with Crippen molar-refractivity contribution in [2.45, 2.75) is 30.5 Å². The minimum atomic E-state index is -0.760. The van der Waals surface area contributed by atoms with Crippen LogP contribution in [0.25, 0.3) is 11.3 Å². The van der Waals surface area contributed by atoms with Crippen LogP contribution in [0.15, 0.2) is 46.2 Å². The molecule has 0 aliphatic heterocycles. The van der Waals surface area contributed by atoms with Crippen molar-refractivity contribution in [1.82, 2.24) is 10.3 Å². The topological polar surface area (TPSA) is 78.9 Å². The predicted octanol–water partition coefficient (Wildman–Crippen LogP) is 3.24. The van der Waals surface area contributed by atoms with Gasteiger partial charge in [-0.1, -0.05) is 42.1 Å². The first kappa shape index (κ1) is 15.6. The Bertz CT molecular complexity index is 734. The molecule has 1 atom stereocenters. The number of rotatable bonds is 6. The number of hydrogen-bond donors (Lipinski definition) is 1. The lowest BCUT2D eigenvalue weighted by Crippen LogP contribution is -2.47. The van der Waals surface area contributed by atoms with Crippen molar-refractivity contribution in [2.75, 3.05) is 5.75 Å². The molecule has 0 unspecified atom stereocenters. The van der Waals surface area contributed by atoms with Gasteiger partial charge in [0.1, 0.15) is 5.54 Å². The van der Waals surface area contributed by atoms with E-state index >= 15 is 0 Å². The zero-order valence-electron chi connectivity index (χ0n) is 12.8. The smallest absolute Gasteiger partial charge is 0.256 e. The molecule has 3 rings (SSSR count). The van der Waals surface area contributed by atoms with E-state index in [2.05, 4.69) is 16.4 Å². The first-order valence-corrected chi connectivity index (χ1v) is 8.45. The fourth-order valence-electron chi connectivity index (χ4n) is 2.40. The Morgan fingerprint density at radius 1 is 1.48 bits per heavy atom. The van der Waals surface area contributed by atoms with Crippen LogP contribution in [0, 0.1) is 17.2 Å². The van der Waals surface area contributed by atoms with Crippen molar-refractivity contribution < 1.29 is 9.21 Å². The van der Waals surface area contributed by atoms with Gasteiger partial charge in [-0.2, -0.15) is 5.26 Å². The summed E-state index contributed by atoms with van der Waals surface area (Å²) in [7, 11) is 0. The summed E-state index contributed by atoms with van der Waals surface area (Å²) in [4.78, 5) is 16.2. The summed E-state index contributed by atoms with van der Waals surface area (Å²) in [5, 5.41) is 12.5. The van der Waals surface area contributed by atoms with E-state index in [9.17, 15) is 10.1 Å². The van der Waals surface area contributed by atoms with Gasteiger partial charge in [0.05, 0.1) is 18.0 Å². The predicted molar refractivity (Wildman–Crippen MR) is 87.5 cm³/mol. The van der Waals surface area contributed by atoms with Crippen LogP contribution in [-0.2, 0) is 4.79 Å².